The predicted molar refractivity (Wildman–Crippen MR) is 79.0 cm³/mol. The van der Waals surface area contributed by atoms with Crippen molar-refractivity contribution in [3.05, 3.63) is 41.5 Å². The summed E-state index contributed by atoms with van der Waals surface area (Å²) in [5, 5.41) is 18.7. The van der Waals surface area contributed by atoms with Gasteiger partial charge in [-0.2, -0.15) is 0 Å². The molecule has 0 fully saturated rings. The van der Waals surface area contributed by atoms with Gasteiger partial charge in [-0.15, -0.1) is 0 Å². The third kappa shape index (κ3) is 2.58. The molecule has 108 valence electrons. The minimum atomic E-state index is -0.766. The summed E-state index contributed by atoms with van der Waals surface area (Å²) in [5.41, 5.74) is 3.19. The fourth-order valence-corrected chi connectivity index (χ4v) is 3.62. The number of fused-ring (bicyclic) bond motifs is 1. The summed E-state index contributed by atoms with van der Waals surface area (Å²) in [5.74, 6) is -0.199. The van der Waals surface area contributed by atoms with Gasteiger partial charge in [0.25, 0.3) is 0 Å². The maximum atomic E-state index is 11.0. The Morgan fingerprint density at radius 2 is 2.20 bits per heavy atom. The summed E-state index contributed by atoms with van der Waals surface area (Å²) in [7, 11) is 0. The van der Waals surface area contributed by atoms with Crippen LogP contribution in [0.15, 0.2) is 30.4 Å². The number of aromatic hydroxyl groups is 1. The first kappa shape index (κ1) is 14.6. The summed E-state index contributed by atoms with van der Waals surface area (Å²) < 4.78 is 0. The standard InChI is InChI=1S/C17H22O3/c1-11(2)14-6-4-12-10-13(18)5-7-15(12)17(14,3)9-8-16(19)20/h5,7,10,14,18H,1,4,6,8-9H2,2-3H3,(H,19,20). The second-order valence-electron chi connectivity index (χ2n) is 6.09. The monoisotopic (exact) mass is 274 g/mol. The van der Waals surface area contributed by atoms with Gasteiger partial charge in [0.05, 0.1) is 0 Å². The SMILES string of the molecule is C=C(C)C1CCc2cc(O)ccc2C1(C)CCC(=O)O. The molecule has 1 aliphatic carbocycles. The number of rotatable bonds is 4. The second kappa shape index (κ2) is 5.31. The minimum absolute atomic E-state index is 0.153. The lowest BCUT2D eigenvalue weighted by Gasteiger charge is -2.43. The van der Waals surface area contributed by atoms with Crippen molar-refractivity contribution in [2.75, 3.05) is 0 Å². The molecule has 1 aromatic carbocycles. The number of hydrogen-bond donors (Lipinski definition) is 2. The van der Waals surface area contributed by atoms with E-state index in [2.05, 4.69) is 13.5 Å². The molecule has 2 N–H and O–H groups in total. The quantitative estimate of drug-likeness (QED) is 0.824. The van der Waals surface area contributed by atoms with E-state index in [1.54, 1.807) is 6.07 Å². The van der Waals surface area contributed by atoms with Crippen molar-refractivity contribution >= 4 is 5.97 Å². The molecule has 1 aliphatic rings. The number of carbonyl (C=O) groups is 1. The van der Waals surface area contributed by atoms with Crippen LogP contribution in [0.25, 0.3) is 0 Å². The zero-order valence-corrected chi connectivity index (χ0v) is 12.1. The van der Waals surface area contributed by atoms with E-state index in [1.807, 2.05) is 19.1 Å². The molecule has 0 amide bonds. The van der Waals surface area contributed by atoms with E-state index in [9.17, 15) is 9.90 Å². The van der Waals surface area contributed by atoms with E-state index in [0.717, 1.165) is 29.5 Å². The van der Waals surface area contributed by atoms with E-state index in [-0.39, 0.29) is 17.6 Å². The summed E-state index contributed by atoms with van der Waals surface area (Å²) in [4.78, 5) is 11.0. The number of aliphatic carboxylic acids is 1. The number of carboxylic acid groups (broad SMARTS) is 1. The Morgan fingerprint density at radius 3 is 2.80 bits per heavy atom. The van der Waals surface area contributed by atoms with Crippen LogP contribution < -0.4 is 0 Å². The Hall–Kier alpha value is -1.77. The smallest absolute Gasteiger partial charge is 0.303 e. The van der Waals surface area contributed by atoms with E-state index >= 15 is 0 Å². The third-order valence-corrected chi connectivity index (χ3v) is 4.63. The van der Waals surface area contributed by atoms with Crippen LogP contribution >= 0.6 is 0 Å². The first-order chi connectivity index (χ1) is 9.34. The van der Waals surface area contributed by atoms with E-state index in [4.69, 9.17) is 5.11 Å². The van der Waals surface area contributed by atoms with Gasteiger partial charge in [0.1, 0.15) is 5.75 Å². The molecule has 0 saturated carbocycles. The maximum absolute atomic E-state index is 11.0. The Morgan fingerprint density at radius 1 is 1.50 bits per heavy atom. The molecule has 0 radical (unpaired) electrons. The molecule has 20 heavy (non-hydrogen) atoms. The maximum Gasteiger partial charge on any atom is 0.303 e. The predicted octanol–water partition coefficient (Wildman–Crippen LogP) is 3.65. The molecule has 0 heterocycles. The first-order valence-electron chi connectivity index (χ1n) is 7.04. The Balaban J connectivity index is 2.46. The molecule has 1 aromatic rings. The van der Waals surface area contributed by atoms with Crippen LogP contribution in [0.5, 0.6) is 5.75 Å². The fourth-order valence-electron chi connectivity index (χ4n) is 3.62. The highest BCUT2D eigenvalue weighted by atomic mass is 16.4. The minimum Gasteiger partial charge on any atom is -0.508 e. The molecule has 3 heteroatoms. The average Bonchev–Trinajstić information content (AvgIpc) is 2.36. The summed E-state index contributed by atoms with van der Waals surface area (Å²) in [6, 6.07) is 5.45. The average molecular weight is 274 g/mol. The van der Waals surface area contributed by atoms with Gasteiger partial charge in [0.15, 0.2) is 0 Å². The first-order valence-corrected chi connectivity index (χ1v) is 7.04. The highest BCUT2D eigenvalue weighted by molar-refractivity contribution is 5.67. The highest BCUT2D eigenvalue weighted by Crippen LogP contribution is 2.47. The number of aryl methyl sites for hydroxylation is 1. The number of benzene rings is 1. The molecule has 2 atom stereocenters. The van der Waals surface area contributed by atoms with Gasteiger partial charge in [-0.05, 0) is 60.8 Å². The number of hydrogen-bond acceptors (Lipinski definition) is 2. The van der Waals surface area contributed by atoms with Crippen LogP contribution in [0.2, 0.25) is 0 Å². The number of allylic oxidation sites excluding steroid dienone is 1. The molecule has 0 aliphatic heterocycles. The van der Waals surface area contributed by atoms with Crippen LogP contribution in [-0.4, -0.2) is 16.2 Å². The molecule has 3 nitrogen and oxygen atoms in total. The fraction of sp³-hybridized carbons (Fsp3) is 0.471. The van der Waals surface area contributed by atoms with E-state index < -0.39 is 5.97 Å². The van der Waals surface area contributed by atoms with Crippen molar-refractivity contribution < 1.29 is 15.0 Å². The van der Waals surface area contributed by atoms with Crippen LogP contribution in [0.4, 0.5) is 0 Å². The molecule has 2 rings (SSSR count). The van der Waals surface area contributed by atoms with Crippen molar-refractivity contribution in [3.8, 4) is 5.75 Å². The van der Waals surface area contributed by atoms with Gasteiger partial charge in [0.2, 0.25) is 0 Å². The summed E-state index contributed by atoms with van der Waals surface area (Å²) >= 11 is 0. The van der Waals surface area contributed by atoms with Crippen molar-refractivity contribution in [2.45, 2.75) is 44.9 Å². The van der Waals surface area contributed by atoms with Crippen LogP contribution in [0, 0.1) is 5.92 Å². The van der Waals surface area contributed by atoms with Gasteiger partial charge in [-0.1, -0.05) is 25.1 Å². The molecule has 0 bridgehead atoms. The molecule has 2 unspecified atom stereocenters. The largest absolute Gasteiger partial charge is 0.508 e. The molecular weight excluding hydrogens is 252 g/mol. The lowest BCUT2D eigenvalue weighted by atomic mass is 9.60. The Bertz CT molecular complexity index is 547. The summed E-state index contributed by atoms with van der Waals surface area (Å²) in [6.07, 6.45) is 2.62. The zero-order chi connectivity index (χ0) is 14.9. The Kier molecular flexibility index (Phi) is 3.89. The van der Waals surface area contributed by atoms with E-state index in [1.165, 1.54) is 0 Å². The highest BCUT2D eigenvalue weighted by Gasteiger charge is 2.40. The van der Waals surface area contributed by atoms with Gasteiger partial charge in [0, 0.05) is 6.42 Å². The second-order valence-corrected chi connectivity index (χ2v) is 6.09. The molecule has 0 saturated heterocycles. The molecule has 0 aromatic heterocycles. The Labute approximate surface area is 120 Å². The topological polar surface area (TPSA) is 57.5 Å². The van der Waals surface area contributed by atoms with Crippen molar-refractivity contribution in [2.24, 2.45) is 5.92 Å². The third-order valence-electron chi connectivity index (χ3n) is 4.63. The van der Waals surface area contributed by atoms with E-state index in [0.29, 0.717) is 12.3 Å². The van der Waals surface area contributed by atoms with Gasteiger partial charge in [-0.3, -0.25) is 4.79 Å². The van der Waals surface area contributed by atoms with Crippen LogP contribution in [0.1, 0.15) is 44.2 Å². The number of phenols is 1. The summed E-state index contributed by atoms with van der Waals surface area (Å²) in [6.45, 7) is 8.25. The molecular formula is C17H22O3. The van der Waals surface area contributed by atoms with Crippen LogP contribution in [0.3, 0.4) is 0 Å². The lowest BCUT2D eigenvalue weighted by Crippen LogP contribution is -2.38. The van der Waals surface area contributed by atoms with Crippen LogP contribution in [-0.2, 0) is 16.6 Å². The molecule has 0 spiro atoms. The lowest BCUT2D eigenvalue weighted by molar-refractivity contribution is -0.137. The number of phenolic OH excluding ortho intramolecular Hbond substituents is 1. The number of carboxylic acids is 1. The van der Waals surface area contributed by atoms with Gasteiger partial charge >= 0.3 is 5.97 Å². The van der Waals surface area contributed by atoms with Gasteiger partial charge < -0.3 is 10.2 Å². The normalized spacial score (nSPS) is 25.0. The zero-order valence-electron chi connectivity index (χ0n) is 12.1. The van der Waals surface area contributed by atoms with Crippen molar-refractivity contribution in [1.82, 2.24) is 0 Å². The van der Waals surface area contributed by atoms with Crippen molar-refractivity contribution in [3.63, 3.8) is 0 Å². The van der Waals surface area contributed by atoms with Crippen molar-refractivity contribution in [1.29, 1.82) is 0 Å². The van der Waals surface area contributed by atoms with Gasteiger partial charge in [-0.25, -0.2) is 0 Å².